The summed E-state index contributed by atoms with van der Waals surface area (Å²) in [6.07, 6.45) is 13.5. The number of benzene rings is 12. The molecule has 2 aliphatic carbocycles. The Morgan fingerprint density at radius 3 is 1.40 bits per heavy atom. The molecule has 4 amide bonds. The highest BCUT2D eigenvalue weighted by Crippen LogP contribution is 2.54. The molecular weight excluding hydrogens is 1210 g/mol. The quantitative estimate of drug-likeness (QED) is 0.0652. The van der Waals surface area contributed by atoms with Crippen molar-refractivity contribution in [1.29, 1.82) is 0 Å². The number of aryl methyl sites for hydroxylation is 2. The SMILES string of the molecule is C#CC(O)(c1ccccc1)c1ccc(NC(=O)Nc2ccccc2)cc1.COc1cc2c3c(c4c(c2cc1OC)-c1ccccc1CC4)OC(c1ccccc1)(c1ccc(NC(=O)Nc2ccccc2)cc1)C=C3.COc1cc2cc(O)c3c(c2cc1OC)-c1ccccc1CC3. The molecule has 13 nitrogen and oxygen atoms in total. The van der Waals surface area contributed by atoms with Gasteiger partial charge in [-0.15, -0.1) is 6.42 Å². The van der Waals surface area contributed by atoms with Crippen molar-refractivity contribution in [2.45, 2.75) is 36.9 Å². The molecule has 0 fully saturated rings. The van der Waals surface area contributed by atoms with Crippen LogP contribution >= 0.6 is 0 Å². The van der Waals surface area contributed by atoms with Crippen molar-refractivity contribution >= 4 is 62.4 Å². The van der Waals surface area contributed by atoms with E-state index in [0.717, 1.165) is 86.5 Å². The summed E-state index contributed by atoms with van der Waals surface area (Å²) in [5.41, 5.74) is 14.0. The number of phenols is 1. The van der Waals surface area contributed by atoms with Gasteiger partial charge < -0.3 is 55.2 Å². The zero-order valence-corrected chi connectivity index (χ0v) is 54.0. The van der Waals surface area contributed by atoms with Crippen LogP contribution in [0.2, 0.25) is 0 Å². The Morgan fingerprint density at radius 1 is 0.464 bits per heavy atom. The van der Waals surface area contributed by atoms with E-state index in [1.807, 2.05) is 133 Å². The summed E-state index contributed by atoms with van der Waals surface area (Å²) in [6, 6.07) is 78.9. The van der Waals surface area contributed by atoms with Crippen molar-refractivity contribution in [3.05, 3.63) is 305 Å². The van der Waals surface area contributed by atoms with Crippen LogP contribution in [0.3, 0.4) is 0 Å². The third-order valence-corrected chi connectivity index (χ3v) is 18.0. The number of amides is 4. The zero-order chi connectivity index (χ0) is 67.0. The molecule has 12 aromatic rings. The number of hydrogen-bond acceptors (Lipinski definition) is 9. The number of carbonyl (C=O) groups is 2. The number of nitrogens with one attached hydrogen (secondary N) is 4. The molecule has 12 aromatic carbocycles. The van der Waals surface area contributed by atoms with E-state index in [1.54, 1.807) is 77.0 Å². The number of phenolic OH excluding ortho intramolecular Hbond substituents is 1. The Hall–Kier alpha value is -12.2. The van der Waals surface area contributed by atoms with Crippen LogP contribution in [-0.4, -0.2) is 50.7 Å². The minimum Gasteiger partial charge on any atom is -0.508 e. The molecule has 0 radical (unpaired) electrons. The van der Waals surface area contributed by atoms with Crippen molar-refractivity contribution in [2.75, 3.05) is 49.7 Å². The molecule has 2 atom stereocenters. The van der Waals surface area contributed by atoms with Crippen LogP contribution in [-0.2, 0) is 36.9 Å². The lowest BCUT2D eigenvalue weighted by atomic mass is 9.78. The first-order valence-corrected chi connectivity index (χ1v) is 31.9. The maximum absolute atomic E-state index is 12.7. The minimum atomic E-state index is -1.52. The lowest BCUT2D eigenvalue weighted by molar-refractivity contribution is 0.145. The molecular formula is C84H70N4O9. The van der Waals surface area contributed by atoms with E-state index in [9.17, 15) is 19.8 Å². The number of anilines is 4. The summed E-state index contributed by atoms with van der Waals surface area (Å²) in [5, 5.41) is 36.9. The summed E-state index contributed by atoms with van der Waals surface area (Å²) in [6.45, 7) is 0. The second-order valence-electron chi connectivity index (χ2n) is 23.6. The average molecular weight is 1280 g/mol. The topological polar surface area (TPSA) is 169 Å². The van der Waals surface area contributed by atoms with Crippen LogP contribution in [0.1, 0.15) is 50.1 Å². The fourth-order valence-electron chi connectivity index (χ4n) is 13.3. The van der Waals surface area contributed by atoms with Gasteiger partial charge in [-0.05, 0) is 172 Å². The number of fused-ring (bicyclic) bond motifs is 13. The van der Waals surface area contributed by atoms with Gasteiger partial charge in [0.2, 0.25) is 0 Å². The number of hydrogen-bond donors (Lipinski definition) is 6. The van der Waals surface area contributed by atoms with E-state index >= 15 is 0 Å². The van der Waals surface area contributed by atoms with E-state index in [2.05, 4.69) is 106 Å². The average Bonchev–Trinajstić information content (AvgIpc) is 0.718. The predicted molar refractivity (Wildman–Crippen MR) is 388 cm³/mol. The molecule has 0 saturated heterocycles. The van der Waals surface area contributed by atoms with Crippen molar-refractivity contribution in [3.8, 4) is 69.1 Å². The standard InChI is InChI=1S/C42H34N2O4.C22H18N2O2.C20H18O3/c1-46-37-25-35-33-23-24-42(28-12-5-3-6-13-28,29-18-20-31(21-19-29)44-41(45)43-30-14-7-4-8-15-30)48-40(33)34-22-17-27-11-9-10-16-32(27)39(34)36(35)26-38(37)47-2;1-2-22(26,17-9-5-3-6-10-17)18-13-15-20(16-14-18)24-21(25)23-19-11-7-4-8-12-19;1-22-18-10-13-9-17(21)15-8-7-12-5-3-4-6-14(12)20(15)16(13)11-19(18)23-2/h3-16,18-21,23-26H,17,22H2,1-2H3,(H2,43,44,45);1,3-16,26H,(H2,23,24,25);3-6,9-11,21H,7-8H2,1-2H3. The maximum Gasteiger partial charge on any atom is 0.323 e. The van der Waals surface area contributed by atoms with Crippen molar-refractivity contribution < 1.29 is 43.5 Å². The van der Waals surface area contributed by atoms with Gasteiger partial charge in [0.15, 0.2) is 34.2 Å². The van der Waals surface area contributed by atoms with Gasteiger partial charge >= 0.3 is 12.1 Å². The highest BCUT2D eigenvalue weighted by Gasteiger charge is 2.40. The minimum absolute atomic E-state index is 0.305. The molecule has 0 bridgehead atoms. The second-order valence-corrected chi connectivity index (χ2v) is 23.6. The fraction of sp³-hybridized carbons (Fsp3) is 0.119. The Balaban J connectivity index is 0.000000145. The van der Waals surface area contributed by atoms with Gasteiger partial charge in [-0.3, -0.25) is 0 Å². The van der Waals surface area contributed by atoms with Crippen molar-refractivity contribution in [1.82, 2.24) is 0 Å². The van der Waals surface area contributed by atoms with E-state index in [0.29, 0.717) is 56.9 Å². The van der Waals surface area contributed by atoms with E-state index in [1.165, 1.54) is 33.4 Å². The monoisotopic (exact) mass is 1280 g/mol. The van der Waals surface area contributed by atoms with Crippen LogP contribution in [0.5, 0.6) is 34.5 Å². The van der Waals surface area contributed by atoms with Crippen LogP contribution in [0.4, 0.5) is 32.3 Å². The molecule has 13 heteroatoms. The molecule has 6 N–H and O–H groups in total. The first-order valence-electron chi connectivity index (χ1n) is 31.9. The summed E-state index contributed by atoms with van der Waals surface area (Å²) in [4.78, 5) is 24.8. The Bertz CT molecular complexity index is 4960. The van der Waals surface area contributed by atoms with E-state index in [4.69, 9.17) is 30.1 Å². The number of carbonyl (C=O) groups excluding carboxylic acids is 2. The van der Waals surface area contributed by atoms with Gasteiger partial charge in [-0.1, -0.05) is 176 Å². The van der Waals surface area contributed by atoms with Gasteiger partial charge in [0, 0.05) is 61.7 Å². The van der Waals surface area contributed by atoms with Crippen molar-refractivity contribution in [2.24, 2.45) is 0 Å². The normalized spacial score (nSPS) is 14.1. The summed E-state index contributed by atoms with van der Waals surface area (Å²) in [7, 11) is 6.61. The summed E-state index contributed by atoms with van der Waals surface area (Å²) >= 11 is 0. The fourth-order valence-corrected chi connectivity index (χ4v) is 13.3. The largest absolute Gasteiger partial charge is 0.508 e. The molecule has 2 unspecified atom stereocenters. The van der Waals surface area contributed by atoms with Crippen LogP contribution in [0.15, 0.2) is 255 Å². The maximum atomic E-state index is 12.7. The third kappa shape index (κ3) is 12.7. The number of methoxy groups -OCH3 is 4. The number of para-hydroxylation sites is 2. The van der Waals surface area contributed by atoms with E-state index in [-0.39, 0.29) is 12.1 Å². The first kappa shape index (κ1) is 63.5. The second kappa shape index (κ2) is 27.8. The molecule has 0 aromatic heterocycles. The summed E-state index contributed by atoms with van der Waals surface area (Å²) in [5.74, 6) is 6.43. The third-order valence-electron chi connectivity index (χ3n) is 18.0. The Morgan fingerprint density at radius 2 is 0.876 bits per heavy atom. The van der Waals surface area contributed by atoms with Gasteiger partial charge in [-0.25, -0.2) is 9.59 Å². The highest BCUT2D eigenvalue weighted by atomic mass is 16.5. The predicted octanol–water partition coefficient (Wildman–Crippen LogP) is 18.1. The first-order chi connectivity index (χ1) is 47.4. The molecule has 480 valence electrons. The summed E-state index contributed by atoms with van der Waals surface area (Å²) < 4.78 is 29.8. The number of ether oxygens (including phenoxy) is 5. The van der Waals surface area contributed by atoms with Crippen LogP contribution in [0.25, 0.3) is 49.9 Å². The van der Waals surface area contributed by atoms with Gasteiger partial charge in [-0.2, -0.15) is 0 Å². The van der Waals surface area contributed by atoms with Crippen LogP contribution < -0.4 is 45.0 Å². The highest BCUT2D eigenvalue weighted by molar-refractivity contribution is 6.08. The molecule has 0 saturated carbocycles. The van der Waals surface area contributed by atoms with Crippen molar-refractivity contribution in [3.63, 3.8) is 0 Å². The zero-order valence-electron chi connectivity index (χ0n) is 54.0. The Labute approximate surface area is 563 Å². The molecule has 1 aliphatic heterocycles. The van der Waals surface area contributed by atoms with E-state index < -0.39 is 11.2 Å². The molecule has 97 heavy (non-hydrogen) atoms. The lowest BCUT2D eigenvalue weighted by Gasteiger charge is -2.39. The number of urea groups is 2. The number of rotatable bonds is 12. The molecule has 3 aliphatic rings. The van der Waals surface area contributed by atoms with Gasteiger partial charge in [0.05, 0.1) is 28.4 Å². The van der Waals surface area contributed by atoms with Gasteiger partial charge in [0.25, 0.3) is 0 Å². The van der Waals surface area contributed by atoms with Gasteiger partial charge in [0.1, 0.15) is 11.5 Å². The van der Waals surface area contributed by atoms with Crippen LogP contribution in [0, 0.1) is 12.3 Å². The Kier molecular flexibility index (Phi) is 18.2. The molecule has 1 heterocycles. The molecule has 15 rings (SSSR count). The number of aliphatic hydroxyl groups is 1. The number of aromatic hydroxyl groups is 1. The smallest absolute Gasteiger partial charge is 0.323 e. The molecule has 0 spiro atoms. The number of terminal acetylenes is 1. The lowest BCUT2D eigenvalue weighted by Crippen LogP contribution is -2.35.